The number of piperazine rings is 1. The summed E-state index contributed by atoms with van der Waals surface area (Å²) >= 11 is 0. The summed E-state index contributed by atoms with van der Waals surface area (Å²) in [5, 5.41) is 11.3. The number of aromatic nitrogens is 4. The van der Waals surface area contributed by atoms with E-state index in [1.165, 1.54) is 35.5 Å². The van der Waals surface area contributed by atoms with Gasteiger partial charge in [-0.3, -0.25) is 4.90 Å². The Balaban J connectivity index is 1.46. The van der Waals surface area contributed by atoms with Crippen LogP contribution in [0.3, 0.4) is 0 Å². The lowest BCUT2D eigenvalue weighted by atomic mass is 9.99. The maximum Gasteiger partial charge on any atom is 0.416 e. The molecule has 1 aliphatic rings. The molecule has 0 atom stereocenters. The third kappa shape index (κ3) is 4.66. The highest BCUT2D eigenvalue weighted by molar-refractivity contribution is 5.76. The van der Waals surface area contributed by atoms with Crippen molar-refractivity contribution in [2.24, 2.45) is 0 Å². The van der Waals surface area contributed by atoms with Crippen LogP contribution in [0, 0.1) is 0 Å². The van der Waals surface area contributed by atoms with Gasteiger partial charge in [0.1, 0.15) is 0 Å². The van der Waals surface area contributed by atoms with Crippen molar-refractivity contribution in [1.82, 2.24) is 29.8 Å². The van der Waals surface area contributed by atoms with E-state index in [4.69, 9.17) is 5.73 Å². The van der Waals surface area contributed by atoms with Gasteiger partial charge in [0.25, 0.3) is 0 Å². The Kier molecular flexibility index (Phi) is 5.59. The van der Waals surface area contributed by atoms with Crippen molar-refractivity contribution in [3.05, 3.63) is 60.2 Å². The van der Waals surface area contributed by atoms with E-state index in [1.54, 1.807) is 17.0 Å². The van der Waals surface area contributed by atoms with Gasteiger partial charge in [-0.1, -0.05) is 12.1 Å². The summed E-state index contributed by atoms with van der Waals surface area (Å²) in [6.45, 7) is 1.83. The third-order valence-corrected chi connectivity index (χ3v) is 5.17. The lowest BCUT2D eigenvalue weighted by molar-refractivity contribution is -0.138. The van der Waals surface area contributed by atoms with Crippen molar-refractivity contribution in [1.29, 1.82) is 0 Å². The van der Waals surface area contributed by atoms with Gasteiger partial charge in [0.15, 0.2) is 0 Å². The molecule has 2 aromatic heterocycles. The zero-order valence-corrected chi connectivity index (χ0v) is 16.5. The summed E-state index contributed by atoms with van der Waals surface area (Å²) in [7, 11) is 0. The van der Waals surface area contributed by atoms with E-state index < -0.39 is 11.7 Å². The molecule has 3 heterocycles. The average Bonchev–Trinajstić information content (AvgIpc) is 3.20. The van der Waals surface area contributed by atoms with Crippen molar-refractivity contribution in [3.63, 3.8) is 0 Å². The number of hydrogen-bond donors (Lipinski definition) is 1. The molecule has 1 fully saturated rings. The summed E-state index contributed by atoms with van der Waals surface area (Å²) in [6, 6.07) is 5.62. The minimum Gasteiger partial charge on any atom is -0.396 e. The van der Waals surface area contributed by atoms with Crippen LogP contribution in [0.4, 0.5) is 23.7 Å². The quantitative estimate of drug-likeness (QED) is 0.686. The first-order valence-electron chi connectivity index (χ1n) is 9.60. The number of rotatable bonds is 3. The molecule has 0 spiro atoms. The van der Waals surface area contributed by atoms with Gasteiger partial charge in [0, 0.05) is 38.3 Å². The lowest BCUT2D eigenvalue weighted by Gasteiger charge is -2.34. The van der Waals surface area contributed by atoms with Gasteiger partial charge in [-0.15, -0.1) is 0 Å². The monoisotopic (exact) mass is 431 g/mol. The second-order valence-corrected chi connectivity index (χ2v) is 7.26. The fourth-order valence-electron chi connectivity index (χ4n) is 3.54. The van der Waals surface area contributed by atoms with E-state index >= 15 is 0 Å². The summed E-state index contributed by atoms with van der Waals surface area (Å²) in [5.41, 5.74) is 6.49. The Labute approximate surface area is 176 Å². The molecule has 31 heavy (non-hydrogen) atoms. The number of nitrogens with two attached hydrogens (primary N) is 1. The van der Waals surface area contributed by atoms with E-state index in [0.717, 1.165) is 6.07 Å². The number of carbonyl (C=O) groups excluding carboxylic acids is 1. The van der Waals surface area contributed by atoms with Gasteiger partial charge in [0.05, 0.1) is 36.0 Å². The van der Waals surface area contributed by atoms with E-state index in [0.29, 0.717) is 43.0 Å². The average molecular weight is 431 g/mol. The number of nitrogen functional groups attached to an aromatic ring is 1. The number of hydrogen-bond acceptors (Lipinski definition) is 6. The van der Waals surface area contributed by atoms with Gasteiger partial charge in [-0.05, 0) is 23.3 Å². The van der Waals surface area contributed by atoms with Crippen molar-refractivity contribution in [2.45, 2.75) is 12.7 Å². The fourth-order valence-corrected chi connectivity index (χ4v) is 3.54. The Morgan fingerprint density at radius 2 is 1.81 bits per heavy atom. The van der Waals surface area contributed by atoms with E-state index in [1.807, 2.05) is 4.90 Å². The van der Waals surface area contributed by atoms with Crippen LogP contribution in [0.5, 0.6) is 0 Å². The fraction of sp³-hybridized carbons (Fsp3) is 0.300. The minimum atomic E-state index is -4.48. The Hall–Kier alpha value is -3.47. The second kappa shape index (κ2) is 8.34. The van der Waals surface area contributed by atoms with E-state index in [9.17, 15) is 18.0 Å². The maximum atomic E-state index is 13.7. The van der Waals surface area contributed by atoms with Crippen LogP contribution in [0.25, 0.3) is 11.1 Å². The van der Waals surface area contributed by atoms with Crippen LogP contribution in [-0.2, 0) is 12.7 Å². The molecule has 0 saturated carbocycles. The number of carbonyl (C=O) groups is 1. The van der Waals surface area contributed by atoms with Crippen LogP contribution in [0.15, 0.2) is 49.1 Å². The predicted octanol–water partition coefficient (Wildman–Crippen LogP) is 2.73. The van der Waals surface area contributed by atoms with Crippen LogP contribution in [0.2, 0.25) is 0 Å². The Bertz CT molecular complexity index is 1060. The SMILES string of the molecule is Nc1cnn(C(=O)N2CCN(Cc3ccc(-c4ccnnc4)cc3C(F)(F)F)CC2)c1. The first-order chi connectivity index (χ1) is 14.8. The Morgan fingerprint density at radius 3 is 2.42 bits per heavy atom. The van der Waals surface area contributed by atoms with E-state index in [-0.39, 0.29) is 18.1 Å². The number of nitrogens with zero attached hydrogens (tertiary/aromatic N) is 6. The van der Waals surface area contributed by atoms with Gasteiger partial charge in [-0.2, -0.15) is 33.1 Å². The molecule has 8 nitrogen and oxygen atoms in total. The number of alkyl halides is 3. The summed E-state index contributed by atoms with van der Waals surface area (Å²) < 4.78 is 42.4. The normalized spacial score (nSPS) is 15.3. The number of anilines is 1. The number of halogens is 3. The zero-order valence-electron chi connectivity index (χ0n) is 16.5. The molecule has 0 aliphatic carbocycles. The first kappa shape index (κ1) is 20.8. The summed E-state index contributed by atoms with van der Waals surface area (Å²) in [4.78, 5) is 15.9. The van der Waals surface area contributed by atoms with Crippen molar-refractivity contribution < 1.29 is 18.0 Å². The standard InChI is InChI=1S/C20H20F3N7O/c21-20(22,23)18-9-14(15-3-4-25-26-10-15)1-2-16(18)12-28-5-7-29(8-6-28)19(31)30-13-17(24)11-27-30/h1-4,9-11,13H,5-8,12,24H2. The minimum absolute atomic E-state index is 0.139. The van der Waals surface area contributed by atoms with Gasteiger partial charge in [-0.25, -0.2) is 4.79 Å². The first-order valence-corrected chi connectivity index (χ1v) is 9.60. The molecule has 11 heteroatoms. The van der Waals surface area contributed by atoms with Gasteiger partial charge in [0.2, 0.25) is 0 Å². The highest BCUT2D eigenvalue weighted by atomic mass is 19.4. The molecule has 162 valence electrons. The van der Waals surface area contributed by atoms with Crippen LogP contribution in [-0.4, -0.2) is 62.0 Å². The maximum absolute atomic E-state index is 13.7. The largest absolute Gasteiger partial charge is 0.416 e. The molecule has 1 amide bonds. The molecule has 2 N–H and O–H groups in total. The number of benzene rings is 1. The topological polar surface area (TPSA) is 93.2 Å². The molecule has 1 saturated heterocycles. The van der Waals surface area contributed by atoms with Crippen molar-refractivity contribution in [3.8, 4) is 11.1 Å². The third-order valence-electron chi connectivity index (χ3n) is 5.17. The molecule has 0 bridgehead atoms. The van der Waals surface area contributed by atoms with Gasteiger partial charge >= 0.3 is 12.2 Å². The van der Waals surface area contributed by atoms with Crippen molar-refractivity contribution in [2.75, 3.05) is 31.9 Å². The van der Waals surface area contributed by atoms with E-state index in [2.05, 4.69) is 15.3 Å². The second-order valence-electron chi connectivity index (χ2n) is 7.26. The molecule has 1 aliphatic heterocycles. The zero-order chi connectivity index (χ0) is 22.0. The molecule has 3 aromatic rings. The number of amides is 1. The van der Waals surface area contributed by atoms with Crippen LogP contribution < -0.4 is 5.73 Å². The smallest absolute Gasteiger partial charge is 0.396 e. The highest BCUT2D eigenvalue weighted by Crippen LogP contribution is 2.35. The summed E-state index contributed by atoms with van der Waals surface area (Å²) in [6.07, 6.45) is 1.21. The Morgan fingerprint density at radius 1 is 1.03 bits per heavy atom. The molecule has 4 rings (SSSR count). The van der Waals surface area contributed by atoms with Crippen LogP contribution >= 0.6 is 0 Å². The highest BCUT2D eigenvalue weighted by Gasteiger charge is 2.34. The molecular weight excluding hydrogens is 411 g/mol. The molecule has 0 unspecified atom stereocenters. The molecule has 0 radical (unpaired) electrons. The molecular formula is C20H20F3N7O. The van der Waals surface area contributed by atoms with Crippen molar-refractivity contribution >= 4 is 11.7 Å². The summed E-state index contributed by atoms with van der Waals surface area (Å²) in [5.74, 6) is 0. The molecule has 1 aromatic carbocycles. The predicted molar refractivity (Wildman–Crippen MR) is 107 cm³/mol. The van der Waals surface area contributed by atoms with Gasteiger partial charge < -0.3 is 10.6 Å². The lowest BCUT2D eigenvalue weighted by Crippen LogP contribution is -2.49. The van der Waals surface area contributed by atoms with Crippen LogP contribution in [0.1, 0.15) is 11.1 Å².